The zero-order valence-electron chi connectivity index (χ0n) is 17.4. The number of hydrogen-bond acceptors (Lipinski definition) is 3. The Morgan fingerprint density at radius 1 is 1.17 bits per heavy atom. The molecule has 154 valence electrons. The molecule has 0 spiro atoms. The van der Waals surface area contributed by atoms with Gasteiger partial charge in [-0.2, -0.15) is 0 Å². The van der Waals surface area contributed by atoms with Crippen molar-refractivity contribution < 1.29 is 9.53 Å². The number of methoxy groups -OCH3 is 1. The standard InChI is InChI=1S/C23H30N4O2/c1-27(2)22(28)16-25-23(24-15-17-7-6-10-21(13-17)29-3)26-20-12-11-18-8-4-5-9-19(18)14-20/h4-10,13,20H,11-12,14-16H2,1-3H3,(H2,24,25,26). The van der Waals surface area contributed by atoms with Crippen LogP contribution in [0.1, 0.15) is 23.1 Å². The van der Waals surface area contributed by atoms with Gasteiger partial charge in [0.15, 0.2) is 5.96 Å². The van der Waals surface area contributed by atoms with Gasteiger partial charge in [0.25, 0.3) is 0 Å². The third kappa shape index (κ3) is 5.98. The number of nitrogens with zero attached hydrogens (tertiary/aromatic N) is 2. The molecule has 0 bridgehead atoms. The monoisotopic (exact) mass is 394 g/mol. The van der Waals surface area contributed by atoms with Gasteiger partial charge in [-0.1, -0.05) is 36.4 Å². The number of hydrogen-bond donors (Lipinski definition) is 2. The number of nitrogens with one attached hydrogen (secondary N) is 2. The van der Waals surface area contributed by atoms with Crippen LogP contribution >= 0.6 is 0 Å². The SMILES string of the molecule is COc1cccc(CN=C(NCC(=O)N(C)C)NC2CCc3ccccc3C2)c1. The highest BCUT2D eigenvalue weighted by Crippen LogP contribution is 2.21. The van der Waals surface area contributed by atoms with Gasteiger partial charge >= 0.3 is 0 Å². The number of carbonyl (C=O) groups is 1. The van der Waals surface area contributed by atoms with Crippen LogP contribution in [0.4, 0.5) is 0 Å². The van der Waals surface area contributed by atoms with E-state index in [2.05, 4.69) is 34.9 Å². The van der Waals surface area contributed by atoms with Gasteiger partial charge < -0.3 is 20.3 Å². The van der Waals surface area contributed by atoms with Crippen molar-refractivity contribution >= 4 is 11.9 Å². The molecule has 0 saturated carbocycles. The Kier molecular flexibility index (Phi) is 7.11. The fourth-order valence-corrected chi connectivity index (χ4v) is 3.43. The minimum atomic E-state index is 0.00914. The van der Waals surface area contributed by atoms with E-state index in [1.807, 2.05) is 24.3 Å². The number of guanidine groups is 1. The summed E-state index contributed by atoms with van der Waals surface area (Å²) in [6.45, 7) is 0.715. The molecule has 0 fully saturated rings. The third-order valence-corrected chi connectivity index (χ3v) is 5.15. The summed E-state index contributed by atoms with van der Waals surface area (Å²) in [5.41, 5.74) is 3.86. The van der Waals surface area contributed by atoms with Gasteiger partial charge in [0.1, 0.15) is 5.75 Å². The summed E-state index contributed by atoms with van der Waals surface area (Å²) >= 11 is 0. The molecule has 1 atom stereocenters. The summed E-state index contributed by atoms with van der Waals surface area (Å²) in [6, 6.07) is 16.7. The topological polar surface area (TPSA) is 66.0 Å². The molecular formula is C23H30N4O2. The van der Waals surface area contributed by atoms with Crippen molar-refractivity contribution in [2.45, 2.75) is 31.8 Å². The Labute approximate surface area is 173 Å². The molecule has 0 aliphatic heterocycles. The van der Waals surface area contributed by atoms with Crippen LogP contribution in [0.25, 0.3) is 0 Å². The van der Waals surface area contributed by atoms with Crippen LogP contribution in [-0.2, 0) is 24.2 Å². The number of rotatable bonds is 6. The van der Waals surface area contributed by atoms with Crippen molar-refractivity contribution in [2.75, 3.05) is 27.7 Å². The summed E-state index contributed by atoms with van der Waals surface area (Å²) in [6.07, 6.45) is 3.05. The lowest BCUT2D eigenvalue weighted by Crippen LogP contribution is -2.48. The second-order valence-corrected chi connectivity index (χ2v) is 7.51. The smallest absolute Gasteiger partial charge is 0.241 e. The highest BCUT2D eigenvalue weighted by Gasteiger charge is 2.19. The maximum atomic E-state index is 12.0. The molecule has 3 rings (SSSR count). The second kappa shape index (κ2) is 9.96. The van der Waals surface area contributed by atoms with E-state index in [1.54, 1.807) is 26.1 Å². The van der Waals surface area contributed by atoms with Gasteiger partial charge in [-0.15, -0.1) is 0 Å². The molecule has 1 amide bonds. The van der Waals surface area contributed by atoms with Crippen LogP contribution in [0.5, 0.6) is 5.75 Å². The predicted molar refractivity (Wildman–Crippen MR) is 116 cm³/mol. The first-order valence-corrected chi connectivity index (χ1v) is 10.00. The number of amides is 1. The van der Waals surface area contributed by atoms with E-state index in [9.17, 15) is 4.79 Å². The number of likely N-dealkylation sites (N-methyl/N-ethyl adjacent to an activating group) is 1. The molecule has 2 N–H and O–H groups in total. The zero-order valence-corrected chi connectivity index (χ0v) is 17.4. The molecular weight excluding hydrogens is 364 g/mol. The molecule has 6 heteroatoms. The third-order valence-electron chi connectivity index (χ3n) is 5.15. The highest BCUT2D eigenvalue weighted by atomic mass is 16.5. The van der Waals surface area contributed by atoms with E-state index < -0.39 is 0 Å². The Morgan fingerprint density at radius 2 is 1.97 bits per heavy atom. The number of benzene rings is 2. The van der Waals surface area contributed by atoms with Gasteiger partial charge in [0.05, 0.1) is 20.2 Å². The fraction of sp³-hybridized carbons (Fsp3) is 0.391. The van der Waals surface area contributed by atoms with Gasteiger partial charge in [-0.25, -0.2) is 4.99 Å². The number of carbonyl (C=O) groups excluding carboxylic acids is 1. The molecule has 0 heterocycles. The lowest BCUT2D eigenvalue weighted by Gasteiger charge is -2.27. The van der Waals surface area contributed by atoms with E-state index in [1.165, 1.54) is 11.1 Å². The van der Waals surface area contributed by atoms with Crippen LogP contribution in [0.2, 0.25) is 0 Å². The van der Waals surface area contributed by atoms with Crippen LogP contribution in [0.3, 0.4) is 0 Å². The Balaban J connectivity index is 1.69. The zero-order chi connectivity index (χ0) is 20.6. The lowest BCUT2D eigenvalue weighted by molar-refractivity contribution is -0.127. The summed E-state index contributed by atoms with van der Waals surface area (Å²) in [5, 5.41) is 6.71. The molecule has 29 heavy (non-hydrogen) atoms. The fourth-order valence-electron chi connectivity index (χ4n) is 3.43. The maximum Gasteiger partial charge on any atom is 0.241 e. The molecule has 1 unspecified atom stereocenters. The van der Waals surface area contributed by atoms with Gasteiger partial charge in [0.2, 0.25) is 5.91 Å². The van der Waals surface area contributed by atoms with E-state index in [-0.39, 0.29) is 18.5 Å². The molecule has 6 nitrogen and oxygen atoms in total. The predicted octanol–water partition coefficient (Wildman–Crippen LogP) is 2.38. The number of fused-ring (bicyclic) bond motifs is 1. The average molecular weight is 395 g/mol. The second-order valence-electron chi connectivity index (χ2n) is 7.51. The first kappa shape index (κ1) is 20.7. The molecule has 0 saturated heterocycles. The Hall–Kier alpha value is -3.02. The first-order chi connectivity index (χ1) is 14.0. The molecule has 2 aromatic rings. The van der Waals surface area contributed by atoms with Crippen LogP contribution in [0, 0.1) is 0 Å². The van der Waals surface area contributed by atoms with Crippen molar-refractivity contribution in [3.8, 4) is 5.75 Å². The number of ether oxygens (including phenoxy) is 1. The number of aliphatic imine (C=N–C) groups is 1. The average Bonchev–Trinajstić information content (AvgIpc) is 2.75. The summed E-state index contributed by atoms with van der Waals surface area (Å²) in [5.74, 6) is 1.48. The van der Waals surface area contributed by atoms with Crippen molar-refractivity contribution in [1.29, 1.82) is 0 Å². The first-order valence-electron chi connectivity index (χ1n) is 10.00. The summed E-state index contributed by atoms with van der Waals surface area (Å²) < 4.78 is 5.29. The minimum Gasteiger partial charge on any atom is -0.497 e. The van der Waals surface area contributed by atoms with Gasteiger partial charge in [-0.3, -0.25) is 4.79 Å². The summed E-state index contributed by atoms with van der Waals surface area (Å²) in [4.78, 5) is 18.3. The maximum absolute atomic E-state index is 12.0. The minimum absolute atomic E-state index is 0.00914. The molecule has 0 aromatic heterocycles. The quantitative estimate of drug-likeness (QED) is 0.583. The van der Waals surface area contributed by atoms with E-state index in [4.69, 9.17) is 9.73 Å². The molecule has 2 aromatic carbocycles. The highest BCUT2D eigenvalue weighted by molar-refractivity contribution is 5.86. The van der Waals surface area contributed by atoms with Gasteiger partial charge in [0, 0.05) is 20.1 Å². The van der Waals surface area contributed by atoms with E-state index in [0.29, 0.717) is 12.5 Å². The number of aryl methyl sites for hydroxylation is 1. The molecule has 1 aliphatic rings. The normalized spacial score (nSPS) is 16.0. The largest absolute Gasteiger partial charge is 0.497 e. The molecule has 0 radical (unpaired) electrons. The van der Waals surface area contributed by atoms with E-state index >= 15 is 0 Å². The van der Waals surface area contributed by atoms with Gasteiger partial charge in [-0.05, 0) is 48.1 Å². The molecule has 1 aliphatic carbocycles. The summed E-state index contributed by atoms with van der Waals surface area (Å²) in [7, 11) is 5.16. The Bertz CT molecular complexity index is 863. The van der Waals surface area contributed by atoms with Crippen molar-refractivity contribution in [3.05, 3.63) is 65.2 Å². The van der Waals surface area contributed by atoms with Crippen molar-refractivity contribution in [3.63, 3.8) is 0 Å². The van der Waals surface area contributed by atoms with E-state index in [0.717, 1.165) is 30.6 Å². The van der Waals surface area contributed by atoms with Crippen LogP contribution < -0.4 is 15.4 Å². The van der Waals surface area contributed by atoms with Crippen LogP contribution in [0.15, 0.2) is 53.5 Å². The van der Waals surface area contributed by atoms with Crippen molar-refractivity contribution in [1.82, 2.24) is 15.5 Å². The van der Waals surface area contributed by atoms with Crippen LogP contribution in [-0.4, -0.2) is 50.6 Å². The van der Waals surface area contributed by atoms with Crippen molar-refractivity contribution in [2.24, 2.45) is 4.99 Å². The lowest BCUT2D eigenvalue weighted by atomic mass is 9.88. The Morgan fingerprint density at radius 3 is 2.72 bits per heavy atom.